The minimum Gasteiger partial charge on any atom is -0.298 e. The summed E-state index contributed by atoms with van der Waals surface area (Å²) in [5.41, 5.74) is 0.102. The first-order valence-electron chi connectivity index (χ1n) is 4.76. The van der Waals surface area contributed by atoms with Crippen LogP contribution in [0.1, 0.15) is 10.4 Å². The summed E-state index contributed by atoms with van der Waals surface area (Å²) < 4.78 is 14.5. The third-order valence-electron chi connectivity index (χ3n) is 2.30. The van der Waals surface area contributed by atoms with E-state index in [1.54, 1.807) is 6.07 Å². The maximum atomic E-state index is 12.8. The summed E-state index contributed by atoms with van der Waals surface area (Å²) in [6.45, 7) is 0. The van der Waals surface area contributed by atoms with Gasteiger partial charge in [-0.3, -0.25) is 14.2 Å². The number of carbonyl (C=O) groups excluding carboxylic acids is 1. The third-order valence-corrected chi connectivity index (χ3v) is 2.99. The molecule has 17 heavy (non-hydrogen) atoms. The fourth-order valence-electron chi connectivity index (χ4n) is 1.44. The number of hydrogen-bond acceptors (Lipinski definition) is 2. The van der Waals surface area contributed by atoms with Crippen molar-refractivity contribution in [3.05, 3.63) is 62.7 Å². The Kier molecular flexibility index (Phi) is 3.19. The lowest BCUT2D eigenvalue weighted by molar-refractivity contribution is 0.112. The molecule has 0 aliphatic carbocycles. The highest BCUT2D eigenvalue weighted by atomic mass is 79.9. The molecule has 1 aromatic heterocycles. The fourth-order valence-corrected chi connectivity index (χ4v) is 1.82. The van der Waals surface area contributed by atoms with E-state index in [-0.39, 0.29) is 11.4 Å². The van der Waals surface area contributed by atoms with Crippen LogP contribution in [0, 0.1) is 5.82 Å². The Labute approximate surface area is 105 Å². The molecule has 1 heterocycles. The molecule has 2 rings (SSSR count). The minimum atomic E-state index is -0.444. The smallest absolute Gasteiger partial charge is 0.266 e. The normalized spacial score (nSPS) is 10.2. The van der Waals surface area contributed by atoms with Crippen molar-refractivity contribution in [1.82, 2.24) is 4.57 Å². The zero-order valence-corrected chi connectivity index (χ0v) is 10.1. The first kappa shape index (κ1) is 11.7. The van der Waals surface area contributed by atoms with Crippen LogP contribution in [-0.4, -0.2) is 10.9 Å². The first-order valence-corrected chi connectivity index (χ1v) is 5.55. The lowest BCUT2D eigenvalue weighted by Gasteiger charge is -2.06. The van der Waals surface area contributed by atoms with Gasteiger partial charge in [0, 0.05) is 16.4 Å². The topological polar surface area (TPSA) is 39.1 Å². The van der Waals surface area contributed by atoms with Crippen LogP contribution >= 0.6 is 15.9 Å². The average molecular weight is 296 g/mol. The van der Waals surface area contributed by atoms with Crippen molar-refractivity contribution in [3.8, 4) is 5.69 Å². The summed E-state index contributed by atoms with van der Waals surface area (Å²) >= 11 is 3.12. The fraction of sp³-hybridized carbons (Fsp3) is 0. The Morgan fingerprint density at radius 3 is 2.41 bits per heavy atom. The van der Waals surface area contributed by atoms with Crippen molar-refractivity contribution >= 4 is 22.2 Å². The summed E-state index contributed by atoms with van der Waals surface area (Å²) in [6, 6.07) is 7.04. The quantitative estimate of drug-likeness (QED) is 0.799. The molecule has 86 valence electrons. The predicted octanol–water partition coefficient (Wildman–Crippen LogP) is 2.55. The lowest BCUT2D eigenvalue weighted by atomic mass is 10.2. The zero-order valence-electron chi connectivity index (χ0n) is 8.56. The standard InChI is InChI=1S/C12H7BrFNO2/c13-11-5-6-15(12(17)10(11)7-16)9-3-1-8(14)2-4-9/h1-7H. The van der Waals surface area contributed by atoms with E-state index >= 15 is 0 Å². The lowest BCUT2D eigenvalue weighted by Crippen LogP contribution is -2.21. The van der Waals surface area contributed by atoms with Gasteiger partial charge in [0.15, 0.2) is 6.29 Å². The van der Waals surface area contributed by atoms with Gasteiger partial charge in [0.2, 0.25) is 0 Å². The second-order valence-corrected chi connectivity index (χ2v) is 4.20. The SMILES string of the molecule is O=Cc1c(Br)ccn(-c2ccc(F)cc2)c1=O. The molecule has 0 N–H and O–H groups in total. The molecule has 0 unspecified atom stereocenters. The Balaban J connectivity index is 2.65. The largest absolute Gasteiger partial charge is 0.298 e. The van der Waals surface area contributed by atoms with Gasteiger partial charge >= 0.3 is 0 Å². The Hall–Kier alpha value is -1.75. The van der Waals surface area contributed by atoms with E-state index in [0.717, 1.165) is 0 Å². The van der Waals surface area contributed by atoms with Gasteiger partial charge in [-0.2, -0.15) is 0 Å². The van der Waals surface area contributed by atoms with E-state index in [9.17, 15) is 14.0 Å². The molecule has 0 saturated heterocycles. The molecule has 0 fully saturated rings. The molecule has 0 bridgehead atoms. The van der Waals surface area contributed by atoms with Gasteiger partial charge < -0.3 is 0 Å². The van der Waals surface area contributed by atoms with Crippen LogP contribution in [0.15, 0.2) is 45.8 Å². The number of benzene rings is 1. The van der Waals surface area contributed by atoms with Crippen LogP contribution in [0.3, 0.4) is 0 Å². The van der Waals surface area contributed by atoms with Crippen molar-refractivity contribution in [2.45, 2.75) is 0 Å². The van der Waals surface area contributed by atoms with Gasteiger partial charge in [-0.05, 0) is 46.3 Å². The maximum Gasteiger partial charge on any atom is 0.266 e. The molecule has 5 heteroatoms. The van der Waals surface area contributed by atoms with E-state index in [0.29, 0.717) is 16.4 Å². The summed E-state index contributed by atoms with van der Waals surface area (Å²) in [4.78, 5) is 22.7. The van der Waals surface area contributed by atoms with Crippen molar-refractivity contribution in [1.29, 1.82) is 0 Å². The second kappa shape index (κ2) is 4.63. The molecule has 0 aliphatic rings. The van der Waals surface area contributed by atoms with Crippen LogP contribution < -0.4 is 5.56 Å². The molecular weight excluding hydrogens is 289 g/mol. The number of rotatable bonds is 2. The highest BCUT2D eigenvalue weighted by molar-refractivity contribution is 9.10. The van der Waals surface area contributed by atoms with E-state index in [1.165, 1.54) is 35.0 Å². The number of halogens is 2. The molecule has 0 saturated carbocycles. The van der Waals surface area contributed by atoms with Crippen molar-refractivity contribution in [2.75, 3.05) is 0 Å². The van der Waals surface area contributed by atoms with Gasteiger partial charge in [-0.1, -0.05) is 0 Å². The summed E-state index contributed by atoms with van der Waals surface area (Å²) in [5.74, 6) is -0.380. The van der Waals surface area contributed by atoms with Gasteiger partial charge in [-0.25, -0.2) is 4.39 Å². The highest BCUT2D eigenvalue weighted by Gasteiger charge is 2.08. The number of carbonyl (C=O) groups is 1. The van der Waals surface area contributed by atoms with Crippen molar-refractivity contribution in [2.24, 2.45) is 0 Å². The average Bonchev–Trinajstić information content (AvgIpc) is 2.31. The number of pyridine rings is 1. The van der Waals surface area contributed by atoms with Crippen LogP contribution in [0.4, 0.5) is 4.39 Å². The van der Waals surface area contributed by atoms with Gasteiger partial charge in [0.25, 0.3) is 5.56 Å². The molecule has 0 spiro atoms. The monoisotopic (exact) mass is 295 g/mol. The number of nitrogens with zero attached hydrogens (tertiary/aromatic N) is 1. The van der Waals surface area contributed by atoms with E-state index < -0.39 is 5.56 Å². The summed E-state index contributed by atoms with van der Waals surface area (Å²) in [7, 11) is 0. The minimum absolute atomic E-state index is 0.0387. The highest BCUT2D eigenvalue weighted by Crippen LogP contribution is 2.13. The second-order valence-electron chi connectivity index (χ2n) is 3.35. The zero-order chi connectivity index (χ0) is 12.4. The molecule has 3 nitrogen and oxygen atoms in total. The molecule has 0 atom stereocenters. The van der Waals surface area contributed by atoms with Gasteiger partial charge in [0.1, 0.15) is 5.82 Å². The number of aldehydes is 1. The van der Waals surface area contributed by atoms with Crippen LogP contribution in [0.25, 0.3) is 5.69 Å². The van der Waals surface area contributed by atoms with E-state index in [4.69, 9.17) is 0 Å². The molecule has 2 aromatic rings. The van der Waals surface area contributed by atoms with Crippen LogP contribution in [-0.2, 0) is 0 Å². The van der Waals surface area contributed by atoms with Gasteiger partial charge in [-0.15, -0.1) is 0 Å². The van der Waals surface area contributed by atoms with Crippen molar-refractivity contribution in [3.63, 3.8) is 0 Å². The summed E-state index contributed by atoms with van der Waals surface area (Å²) in [6.07, 6.45) is 2.01. The number of hydrogen-bond donors (Lipinski definition) is 0. The Morgan fingerprint density at radius 1 is 1.18 bits per heavy atom. The van der Waals surface area contributed by atoms with E-state index in [2.05, 4.69) is 15.9 Å². The van der Waals surface area contributed by atoms with E-state index in [1.807, 2.05) is 0 Å². The number of aromatic nitrogens is 1. The Bertz CT molecular complexity index is 619. The van der Waals surface area contributed by atoms with Gasteiger partial charge in [0.05, 0.1) is 5.56 Å². The molecule has 0 amide bonds. The molecule has 0 aliphatic heterocycles. The first-order chi connectivity index (χ1) is 8.13. The van der Waals surface area contributed by atoms with Crippen LogP contribution in [0.2, 0.25) is 0 Å². The summed E-state index contributed by atoms with van der Waals surface area (Å²) in [5, 5.41) is 0. The molecular formula is C12H7BrFNO2. The van der Waals surface area contributed by atoms with Crippen LogP contribution in [0.5, 0.6) is 0 Å². The maximum absolute atomic E-state index is 12.8. The Morgan fingerprint density at radius 2 is 1.82 bits per heavy atom. The predicted molar refractivity (Wildman–Crippen MR) is 65.1 cm³/mol. The van der Waals surface area contributed by atoms with Crippen molar-refractivity contribution < 1.29 is 9.18 Å². The molecule has 1 aromatic carbocycles. The molecule has 0 radical (unpaired) electrons. The third kappa shape index (κ3) is 2.19.